The fraction of sp³-hybridized carbons (Fsp3) is 0.0625. The normalized spacial score (nSPS) is 10.5. The molecular formula is C16H15NO2. The van der Waals surface area contributed by atoms with Crippen LogP contribution in [0.1, 0.15) is 11.1 Å². The molecule has 0 bridgehead atoms. The maximum atomic E-state index is 11.6. The highest BCUT2D eigenvalue weighted by atomic mass is 16.3. The van der Waals surface area contributed by atoms with E-state index in [1.54, 1.807) is 24.3 Å². The number of hydrogen-bond donors (Lipinski definition) is 2. The zero-order valence-corrected chi connectivity index (χ0v) is 10.4. The van der Waals surface area contributed by atoms with Crippen molar-refractivity contribution in [2.24, 2.45) is 0 Å². The van der Waals surface area contributed by atoms with Crippen LogP contribution >= 0.6 is 0 Å². The molecule has 3 heteroatoms. The van der Waals surface area contributed by atoms with Crippen LogP contribution in [0, 0.1) is 0 Å². The summed E-state index contributed by atoms with van der Waals surface area (Å²) in [5, 5.41) is 12.1. The average molecular weight is 253 g/mol. The number of rotatable bonds is 4. The minimum Gasteiger partial charge on any atom is -0.508 e. The summed E-state index contributed by atoms with van der Waals surface area (Å²) in [4.78, 5) is 11.6. The van der Waals surface area contributed by atoms with E-state index in [4.69, 9.17) is 0 Å². The van der Waals surface area contributed by atoms with Crippen molar-refractivity contribution in [1.29, 1.82) is 0 Å². The van der Waals surface area contributed by atoms with Gasteiger partial charge < -0.3 is 10.4 Å². The molecule has 0 unspecified atom stereocenters. The van der Waals surface area contributed by atoms with Crippen LogP contribution in [-0.2, 0) is 11.3 Å². The summed E-state index contributed by atoms with van der Waals surface area (Å²) in [6.07, 6.45) is 3.12. The SMILES string of the molecule is O=C(/C=C/c1cccc(O)c1)NCc1ccccc1. The number of phenolic OH excluding ortho intramolecular Hbond substituents is 1. The van der Waals surface area contributed by atoms with Crippen LogP contribution in [0.4, 0.5) is 0 Å². The fourth-order valence-electron chi connectivity index (χ4n) is 1.64. The van der Waals surface area contributed by atoms with Crippen molar-refractivity contribution in [2.45, 2.75) is 6.54 Å². The fourth-order valence-corrected chi connectivity index (χ4v) is 1.64. The molecule has 0 heterocycles. The highest BCUT2D eigenvalue weighted by Gasteiger charge is 1.96. The van der Waals surface area contributed by atoms with Gasteiger partial charge in [0.1, 0.15) is 5.75 Å². The highest BCUT2D eigenvalue weighted by Crippen LogP contribution is 2.11. The summed E-state index contributed by atoms with van der Waals surface area (Å²) < 4.78 is 0. The predicted molar refractivity (Wildman–Crippen MR) is 75.4 cm³/mol. The molecule has 19 heavy (non-hydrogen) atoms. The Morgan fingerprint density at radius 2 is 1.89 bits per heavy atom. The van der Waals surface area contributed by atoms with Crippen LogP contribution < -0.4 is 5.32 Å². The minimum absolute atomic E-state index is 0.160. The Bertz CT molecular complexity index is 576. The van der Waals surface area contributed by atoms with Crippen LogP contribution in [0.15, 0.2) is 60.7 Å². The Balaban J connectivity index is 1.88. The van der Waals surface area contributed by atoms with E-state index in [0.29, 0.717) is 6.54 Å². The Morgan fingerprint density at radius 3 is 2.63 bits per heavy atom. The molecule has 0 aliphatic rings. The van der Waals surface area contributed by atoms with Gasteiger partial charge in [0.05, 0.1) is 0 Å². The number of amides is 1. The first-order chi connectivity index (χ1) is 9.24. The maximum absolute atomic E-state index is 11.6. The molecule has 0 aliphatic carbocycles. The largest absolute Gasteiger partial charge is 0.508 e. The minimum atomic E-state index is -0.160. The molecule has 0 aromatic heterocycles. The molecule has 0 saturated carbocycles. The molecule has 2 N–H and O–H groups in total. The zero-order chi connectivity index (χ0) is 13.5. The third-order valence-corrected chi connectivity index (χ3v) is 2.61. The number of aromatic hydroxyl groups is 1. The van der Waals surface area contributed by atoms with Crippen LogP contribution in [0.5, 0.6) is 5.75 Å². The first-order valence-corrected chi connectivity index (χ1v) is 6.03. The monoisotopic (exact) mass is 253 g/mol. The van der Waals surface area contributed by atoms with Gasteiger partial charge in [-0.1, -0.05) is 42.5 Å². The number of carbonyl (C=O) groups excluding carboxylic acids is 1. The molecule has 1 amide bonds. The lowest BCUT2D eigenvalue weighted by Gasteiger charge is -2.01. The van der Waals surface area contributed by atoms with Crippen molar-refractivity contribution in [3.8, 4) is 5.75 Å². The molecule has 0 atom stereocenters. The second kappa shape index (κ2) is 6.40. The van der Waals surface area contributed by atoms with Crippen molar-refractivity contribution in [2.75, 3.05) is 0 Å². The van der Waals surface area contributed by atoms with Crippen LogP contribution in [0.3, 0.4) is 0 Å². The summed E-state index contributed by atoms with van der Waals surface area (Å²) >= 11 is 0. The number of benzene rings is 2. The predicted octanol–water partition coefficient (Wildman–Crippen LogP) is 2.72. The lowest BCUT2D eigenvalue weighted by atomic mass is 10.2. The van der Waals surface area contributed by atoms with Gasteiger partial charge >= 0.3 is 0 Å². The molecule has 0 radical (unpaired) electrons. The molecule has 2 rings (SSSR count). The van der Waals surface area contributed by atoms with E-state index >= 15 is 0 Å². The quantitative estimate of drug-likeness (QED) is 0.823. The number of carbonyl (C=O) groups is 1. The van der Waals surface area contributed by atoms with Crippen molar-refractivity contribution in [1.82, 2.24) is 5.32 Å². The Morgan fingerprint density at radius 1 is 1.11 bits per heavy atom. The van der Waals surface area contributed by atoms with Crippen molar-refractivity contribution in [3.05, 3.63) is 71.8 Å². The first kappa shape index (κ1) is 12.9. The molecular weight excluding hydrogens is 238 g/mol. The van der Waals surface area contributed by atoms with E-state index < -0.39 is 0 Å². The Labute approximate surface area is 112 Å². The molecule has 0 saturated heterocycles. The number of phenols is 1. The Kier molecular flexibility index (Phi) is 4.34. The summed E-state index contributed by atoms with van der Waals surface area (Å²) in [7, 11) is 0. The summed E-state index contributed by atoms with van der Waals surface area (Å²) in [6.45, 7) is 0.504. The van der Waals surface area contributed by atoms with Gasteiger partial charge in [-0.05, 0) is 29.3 Å². The van der Waals surface area contributed by atoms with Crippen LogP contribution in [0.2, 0.25) is 0 Å². The lowest BCUT2D eigenvalue weighted by Crippen LogP contribution is -2.20. The summed E-state index contributed by atoms with van der Waals surface area (Å²) in [5.74, 6) is 0.0269. The summed E-state index contributed by atoms with van der Waals surface area (Å²) in [6, 6.07) is 16.5. The molecule has 0 fully saturated rings. The van der Waals surface area contributed by atoms with Gasteiger partial charge in [-0.3, -0.25) is 4.79 Å². The van der Waals surface area contributed by atoms with Gasteiger partial charge in [0.25, 0.3) is 0 Å². The smallest absolute Gasteiger partial charge is 0.244 e. The van der Waals surface area contributed by atoms with E-state index in [1.165, 1.54) is 6.08 Å². The number of nitrogens with one attached hydrogen (secondary N) is 1. The van der Waals surface area contributed by atoms with Crippen LogP contribution in [-0.4, -0.2) is 11.0 Å². The highest BCUT2D eigenvalue weighted by molar-refractivity contribution is 5.91. The third-order valence-electron chi connectivity index (χ3n) is 2.61. The second-order valence-electron chi connectivity index (χ2n) is 4.13. The van der Waals surface area contributed by atoms with Crippen molar-refractivity contribution >= 4 is 12.0 Å². The zero-order valence-electron chi connectivity index (χ0n) is 10.4. The average Bonchev–Trinajstić information content (AvgIpc) is 2.44. The van der Waals surface area contributed by atoms with E-state index in [2.05, 4.69) is 5.32 Å². The van der Waals surface area contributed by atoms with Gasteiger partial charge in [-0.15, -0.1) is 0 Å². The van der Waals surface area contributed by atoms with Crippen molar-refractivity contribution in [3.63, 3.8) is 0 Å². The summed E-state index contributed by atoms with van der Waals surface area (Å²) in [5.41, 5.74) is 1.84. The first-order valence-electron chi connectivity index (χ1n) is 6.03. The maximum Gasteiger partial charge on any atom is 0.244 e. The molecule has 2 aromatic carbocycles. The number of hydrogen-bond acceptors (Lipinski definition) is 2. The van der Waals surface area contributed by atoms with Gasteiger partial charge in [-0.25, -0.2) is 0 Å². The van der Waals surface area contributed by atoms with Crippen LogP contribution in [0.25, 0.3) is 6.08 Å². The second-order valence-corrected chi connectivity index (χ2v) is 4.13. The molecule has 0 spiro atoms. The topological polar surface area (TPSA) is 49.3 Å². The van der Waals surface area contributed by atoms with E-state index in [1.807, 2.05) is 36.4 Å². The van der Waals surface area contributed by atoms with E-state index in [0.717, 1.165) is 11.1 Å². The van der Waals surface area contributed by atoms with Gasteiger partial charge in [-0.2, -0.15) is 0 Å². The van der Waals surface area contributed by atoms with E-state index in [-0.39, 0.29) is 11.7 Å². The van der Waals surface area contributed by atoms with Gasteiger partial charge in [0.15, 0.2) is 0 Å². The molecule has 0 aliphatic heterocycles. The molecule has 2 aromatic rings. The lowest BCUT2D eigenvalue weighted by molar-refractivity contribution is -0.116. The van der Waals surface area contributed by atoms with E-state index in [9.17, 15) is 9.90 Å². The van der Waals surface area contributed by atoms with Crippen molar-refractivity contribution < 1.29 is 9.90 Å². The van der Waals surface area contributed by atoms with Gasteiger partial charge in [0, 0.05) is 12.6 Å². The van der Waals surface area contributed by atoms with Gasteiger partial charge in [0.2, 0.25) is 5.91 Å². The molecule has 3 nitrogen and oxygen atoms in total. The Hall–Kier alpha value is -2.55. The molecule has 96 valence electrons. The standard InChI is InChI=1S/C16H15NO2/c18-15-8-4-7-13(11-15)9-10-16(19)17-12-14-5-2-1-3-6-14/h1-11,18H,12H2,(H,17,19)/b10-9+. The third kappa shape index (κ3) is 4.32.